The average Bonchev–Trinajstić information content (AvgIpc) is 2.76. The van der Waals surface area contributed by atoms with Gasteiger partial charge in [-0.05, 0) is 19.1 Å². The number of ether oxygens (including phenoxy) is 1. The lowest BCUT2D eigenvalue weighted by Gasteiger charge is -2.15. The van der Waals surface area contributed by atoms with Crippen molar-refractivity contribution in [1.82, 2.24) is 9.97 Å². The van der Waals surface area contributed by atoms with Crippen LogP contribution in [0.15, 0.2) is 23.4 Å². The SMILES string of the molecule is CCOc1ccc2nc(SC(CN)C(F)(F)F)[nH]c2c1. The van der Waals surface area contributed by atoms with E-state index in [0.29, 0.717) is 35.2 Å². The molecule has 0 aliphatic rings. The van der Waals surface area contributed by atoms with Crippen LogP contribution in [0, 0.1) is 0 Å². The molecule has 0 aliphatic heterocycles. The lowest BCUT2D eigenvalue weighted by Crippen LogP contribution is -2.33. The maximum Gasteiger partial charge on any atom is 0.402 e. The van der Waals surface area contributed by atoms with Gasteiger partial charge in [0.1, 0.15) is 11.0 Å². The molecule has 0 amide bonds. The van der Waals surface area contributed by atoms with Crippen molar-refractivity contribution in [2.24, 2.45) is 5.73 Å². The van der Waals surface area contributed by atoms with E-state index in [-0.39, 0.29) is 5.16 Å². The molecule has 0 aliphatic carbocycles. The minimum Gasteiger partial charge on any atom is -0.494 e. The molecule has 0 radical (unpaired) electrons. The standard InChI is InChI=1S/C12H14F3N3OS/c1-2-19-7-3-4-8-9(5-7)18-11(17-8)20-10(6-16)12(13,14)15/h3-5,10H,2,6,16H2,1H3,(H,17,18). The van der Waals surface area contributed by atoms with Gasteiger partial charge < -0.3 is 15.5 Å². The Morgan fingerprint density at radius 2 is 2.20 bits per heavy atom. The van der Waals surface area contributed by atoms with E-state index in [1.807, 2.05) is 6.92 Å². The summed E-state index contributed by atoms with van der Waals surface area (Å²) < 4.78 is 43.3. The first kappa shape index (κ1) is 15.0. The van der Waals surface area contributed by atoms with Crippen molar-refractivity contribution in [3.8, 4) is 5.75 Å². The first-order valence-electron chi connectivity index (χ1n) is 6.00. The van der Waals surface area contributed by atoms with Crippen molar-refractivity contribution in [2.75, 3.05) is 13.2 Å². The maximum absolute atomic E-state index is 12.7. The van der Waals surface area contributed by atoms with Crippen LogP contribution in [0.2, 0.25) is 0 Å². The third-order valence-corrected chi connectivity index (χ3v) is 3.74. The summed E-state index contributed by atoms with van der Waals surface area (Å²) in [6, 6.07) is 5.14. The highest BCUT2D eigenvalue weighted by atomic mass is 32.2. The molecule has 1 heterocycles. The second-order valence-corrected chi connectivity index (χ2v) is 5.23. The van der Waals surface area contributed by atoms with Crippen LogP contribution in [0.1, 0.15) is 6.92 Å². The second kappa shape index (κ2) is 5.92. The summed E-state index contributed by atoms with van der Waals surface area (Å²) in [5.74, 6) is 0.645. The number of H-pyrrole nitrogens is 1. The van der Waals surface area contributed by atoms with Gasteiger partial charge in [0.15, 0.2) is 5.16 Å². The number of aromatic amines is 1. The predicted octanol–water partition coefficient (Wildman–Crippen LogP) is 2.94. The van der Waals surface area contributed by atoms with Gasteiger partial charge in [0, 0.05) is 12.6 Å². The van der Waals surface area contributed by atoms with E-state index in [4.69, 9.17) is 10.5 Å². The fraction of sp³-hybridized carbons (Fsp3) is 0.417. The largest absolute Gasteiger partial charge is 0.494 e. The molecule has 3 N–H and O–H groups in total. The number of aromatic nitrogens is 2. The molecule has 0 fully saturated rings. The average molecular weight is 305 g/mol. The number of nitrogens with one attached hydrogen (secondary N) is 1. The van der Waals surface area contributed by atoms with Crippen molar-refractivity contribution < 1.29 is 17.9 Å². The number of fused-ring (bicyclic) bond motifs is 1. The van der Waals surface area contributed by atoms with Crippen LogP contribution in [0.4, 0.5) is 13.2 Å². The first-order chi connectivity index (χ1) is 9.44. The third kappa shape index (κ3) is 3.37. The van der Waals surface area contributed by atoms with Gasteiger partial charge in [-0.3, -0.25) is 0 Å². The molecule has 0 saturated carbocycles. The van der Waals surface area contributed by atoms with Crippen molar-refractivity contribution in [1.29, 1.82) is 0 Å². The number of nitrogens with zero attached hydrogens (tertiary/aromatic N) is 1. The van der Waals surface area contributed by atoms with Crippen LogP contribution in [0.3, 0.4) is 0 Å². The molecule has 8 heteroatoms. The molecule has 2 aromatic rings. The minimum absolute atomic E-state index is 0.196. The van der Waals surface area contributed by atoms with Gasteiger partial charge in [0.25, 0.3) is 0 Å². The summed E-state index contributed by atoms with van der Waals surface area (Å²) in [6.07, 6.45) is -4.35. The number of imidazole rings is 1. The van der Waals surface area contributed by atoms with Gasteiger partial charge in [-0.25, -0.2) is 4.98 Å². The van der Waals surface area contributed by atoms with Crippen LogP contribution in [-0.4, -0.2) is 34.5 Å². The van der Waals surface area contributed by atoms with E-state index in [1.54, 1.807) is 18.2 Å². The van der Waals surface area contributed by atoms with Crippen molar-refractivity contribution >= 4 is 22.8 Å². The van der Waals surface area contributed by atoms with E-state index in [2.05, 4.69) is 9.97 Å². The number of rotatable bonds is 5. The molecule has 0 bridgehead atoms. The number of hydrogen-bond donors (Lipinski definition) is 2. The van der Waals surface area contributed by atoms with Crippen molar-refractivity contribution in [3.63, 3.8) is 0 Å². The van der Waals surface area contributed by atoms with Gasteiger partial charge in [0.05, 0.1) is 17.6 Å². The molecule has 0 spiro atoms. The lowest BCUT2D eigenvalue weighted by atomic mass is 10.3. The van der Waals surface area contributed by atoms with Crippen LogP contribution < -0.4 is 10.5 Å². The summed E-state index contributed by atoms with van der Waals surface area (Å²) in [4.78, 5) is 6.96. The molecule has 1 aromatic carbocycles. The van der Waals surface area contributed by atoms with Gasteiger partial charge in [0.2, 0.25) is 0 Å². The Kier molecular flexibility index (Phi) is 4.44. The fourth-order valence-electron chi connectivity index (χ4n) is 1.66. The number of thioether (sulfide) groups is 1. The molecule has 2 rings (SSSR count). The molecule has 1 atom stereocenters. The van der Waals surface area contributed by atoms with Crippen molar-refractivity contribution in [3.05, 3.63) is 18.2 Å². The van der Waals surface area contributed by atoms with E-state index in [9.17, 15) is 13.2 Å². The van der Waals surface area contributed by atoms with E-state index in [0.717, 1.165) is 0 Å². The highest BCUT2D eigenvalue weighted by Crippen LogP contribution is 2.34. The zero-order valence-electron chi connectivity index (χ0n) is 10.7. The minimum atomic E-state index is -4.35. The number of alkyl halides is 3. The third-order valence-electron chi connectivity index (χ3n) is 2.58. The summed E-state index contributed by atoms with van der Waals surface area (Å²) in [5, 5.41) is -1.48. The predicted molar refractivity (Wildman–Crippen MR) is 72.0 cm³/mol. The highest BCUT2D eigenvalue weighted by molar-refractivity contribution is 7.99. The fourth-order valence-corrected chi connectivity index (χ4v) is 2.48. The van der Waals surface area contributed by atoms with Gasteiger partial charge in [-0.15, -0.1) is 0 Å². The monoisotopic (exact) mass is 305 g/mol. The maximum atomic E-state index is 12.7. The molecule has 1 aromatic heterocycles. The van der Waals surface area contributed by atoms with Crippen LogP contribution in [0.25, 0.3) is 11.0 Å². The van der Waals surface area contributed by atoms with E-state index >= 15 is 0 Å². The highest BCUT2D eigenvalue weighted by Gasteiger charge is 2.40. The number of nitrogens with two attached hydrogens (primary N) is 1. The quantitative estimate of drug-likeness (QED) is 0.834. The number of halogens is 3. The number of hydrogen-bond acceptors (Lipinski definition) is 4. The first-order valence-corrected chi connectivity index (χ1v) is 6.88. The molecule has 110 valence electrons. The molecule has 20 heavy (non-hydrogen) atoms. The van der Waals surface area contributed by atoms with Crippen LogP contribution >= 0.6 is 11.8 Å². The normalized spacial score (nSPS) is 13.7. The summed E-state index contributed by atoms with van der Waals surface area (Å²) in [7, 11) is 0. The molecule has 1 unspecified atom stereocenters. The zero-order valence-corrected chi connectivity index (χ0v) is 11.5. The Bertz CT molecular complexity index is 585. The molecule has 0 saturated heterocycles. The van der Waals surface area contributed by atoms with Crippen molar-refractivity contribution in [2.45, 2.75) is 23.5 Å². The topological polar surface area (TPSA) is 63.9 Å². The van der Waals surface area contributed by atoms with Crippen LogP contribution in [0.5, 0.6) is 5.75 Å². The molecular formula is C12H14F3N3OS. The number of benzene rings is 1. The van der Waals surface area contributed by atoms with Gasteiger partial charge in [-0.1, -0.05) is 11.8 Å². The smallest absolute Gasteiger partial charge is 0.402 e. The molecule has 4 nitrogen and oxygen atoms in total. The Morgan fingerprint density at radius 1 is 1.45 bits per heavy atom. The Balaban J connectivity index is 2.23. The lowest BCUT2D eigenvalue weighted by molar-refractivity contribution is -0.126. The Labute approximate surface area is 117 Å². The Morgan fingerprint density at radius 3 is 2.80 bits per heavy atom. The van der Waals surface area contributed by atoms with E-state index in [1.165, 1.54) is 0 Å². The van der Waals surface area contributed by atoms with Crippen LogP contribution in [-0.2, 0) is 0 Å². The summed E-state index contributed by atoms with van der Waals surface area (Å²) >= 11 is 0.583. The molecular weight excluding hydrogens is 291 g/mol. The van der Waals surface area contributed by atoms with Gasteiger partial charge >= 0.3 is 6.18 Å². The Hall–Kier alpha value is -1.41. The summed E-state index contributed by atoms with van der Waals surface area (Å²) in [5.41, 5.74) is 6.39. The van der Waals surface area contributed by atoms with Gasteiger partial charge in [-0.2, -0.15) is 13.2 Å². The second-order valence-electron chi connectivity index (χ2n) is 4.04. The summed E-state index contributed by atoms with van der Waals surface area (Å²) in [6.45, 7) is 1.88. The zero-order chi connectivity index (χ0) is 14.8. The van der Waals surface area contributed by atoms with E-state index < -0.39 is 18.0 Å².